The molecule has 0 N–H and O–H groups in total. The molecule has 1 heterocycles. The maximum absolute atomic E-state index is 12.5. The van der Waals surface area contributed by atoms with Crippen molar-refractivity contribution in [2.24, 2.45) is 5.92 Å². The molecule has 4 nitrogen and oxygen atoms in total. The summed E-state index contributed by atoms with van der Waals surface area (Å²) < 4.78 is 2.33. The van der Waals surface area contributed by atoms with Gasteiger partial charge in [-0.05, 0) is 42.7 Å². The smallest absolute Gasteiger partial charge is 0.137 e. The number of Topliss-reactive ketones (excluding diaryl/α,β-unsaturated/α-hetero) is 1. The van der Waals surface area contributed by atoms with Gasteiger partial charge >= 0.3 is 0 Å². The molecular formula is C22H31N3O. The standard InChI is InChI=1S/C22H31N3O/c1-4-17-7-5-6-8-18(17)15-20(26)12-14-22-24-23-21(13-9-16(2)3)25(22)19-10-11-19/h5-8,16,19H,4,9-15H2,1-3H3. The van der Waals surface area contributed by atoms with E-state index in [1.807, 2.05) is 12.1 Å². The molecule has 0 spiro atoms. The molecule has 140 valence electrons. The van der Waals surface area contributed by atoms with Crippen LogP contribution in [0.5, 0.6) is 0 Å². The highest BCUT2D eigenvalue weighted by Crippen LogP contribution is 2.37. The lowest BCUT2D eigenvalue weighted by atomic mass is 9.99. The first-order valence-corrected chi connectivity index (χ1v) is 10.1. The fraction of sp³-hybridized carbons (Fsp3) is 0.591. The van der Waals surface area contributed by atoms with E-state index in [9.17, 15) is 4.79 Å². The minimum Gasteiger partial charge on any atom is -0.312 e. The van der Waals surface area contributed by atoms with Crippen LogP contribution in [0.4, 0.5) is 0 Å². The van der Waals surface area contributed by atoms with E-state index in [1.165, 1.54) is 24.0 Å². The molecule has 1 aliphatic rings. The molecule has 1 aromatic carbocycles. The number of carbonyl (C=O) groups is 1. The van der Waals surface area contributed by atoms with Crippen molar-refractivity contribution < 1.29 is 4.79 Å². The Balaban J connectivity index is 1.61. The molecule has 2 aromatic rings. The number of carbonyl (C=O) groups excluding carboxylic acids is 1. The van der Waals surface area contributed by atoms with Crippen LogP contribution in [0.1, 0.15) is 75.3 Å². The third kappa shape index (κ3) is 4.80. The van der Waals surface area contributed by atoms with Crippen molar-refractivity contribution >= 4 is 5.78 Å². The van der Waals surface area contributed by atoms with E-state index in [2.05, 4.69) is 47.7 Å². The van der Waals surface area contributed by atoms with Gasteiger partial charge < -0.3 is 4.57 Å². The van der Waals surface area contributed by atoms with Crippen LogP contribution in [0, 0.1) is 5.92 Å². The van der Waals surface area contributed by atoms with Crippen molar-refractivity contribution in [1.82, 2.24) is 14.8 Å². The summed E-state index contributed by atoms with van der Waals surface area (Å²) in [5, 5.41) is 8.87. The Morgan fingerprint density at radius 1 is 1.12 bits per heavy atom. The van der Waals surface area contributed by atoms with Crippen molar-refractivity contribution in [3.63, 3.8) is 0 Å². The van der Waals surface area contributed by atoms with Crippen LogP contribution in [0.15, 0.2) is 24.3 Å². The monoisotopic (exact) mass is 353 g/mol. The second-order valence-electron chi connectivity index (χ2n) is 7.90. The Morgan fingerprint density at radius 2 is 1.77 bits per heavy atom. The first-order chi connectivity index (χ1) is 12.6. The van der Waals surface area contributed by atoms with Gasteiger partial charge in [0.2, 0.25) is 0 Å². The van der Waals surface area contributed by atoms with Gasteiger partial charge in [0.15, 0.2) is 0 Å². The molecule has 1 saturated carbocycles. The quantitative estimate of drug-likeness (QED) is 0.631. The molecular weight excluding hydrogens is 322 g/mol. The molecule has 1 aliphatic carbocycles. The van der Waals surface area contributed by atoms with Gasteiger partial charge in [0.25, 0.3) is 0 Å². The van der Waals surface area contributed by atoms with Crippen molar-refractivity contribution in [2.75, 3.05) is 0 Å². The Morgan fingerprint density at radius 3 is 2.38 bits per heavy atom. The lowest BCUT2D eigenvalue weighted by Gasteiger charge is -2.10. The Labute approximate surface area is 157 Å². The molecule has 3 rings (SSSR count). The van der Waals surface area contributed by atoms with E-state index < -0.39 is 0 Å². The number of aryl methyl sites for hydroxylation is 3. The molecule has 1 fully saturated rings. The third-order valence-corrected chi connectivity index (χ3v) is 5.21. The largest absolute Gasteiger partial charge is 0.312 e. The number of aromatic nitrogens is 3. The first-order valence-electron chi connectivity index (χ1n) is 10.1. The Kier molecular flexibility index (Phi) is 6.23. The molecule has 26 heavy (non-hydrogen) atoms. The van der Waals surface area contributed by atoms with E-state index in [0.717, 1.165) is 30.9 Å². The second-order valence-corrected chi connectivity index (χ2v) is 7.90. The van der Waals surface area contributed by atoms with Crippen molar-refractivity contribution in [3.8, 4) is 0 Å². The third-order valence-electron chi connectivity index (χ3n) is 5.21. The van der Waals surface area contributed by atoms with Gasteiger partial charge in [0.05, 0.1) is 0 Å². The Bertz CT molecular complexity index is 744. The first kappa shape index (κ1) is 18.8. The van der Waals surface area contributed by atoms with Crippen LogP contribution in [0.2, 0.25) is 0 Å². The van der Waals surface area contributed by atoms with Gasteiger partial charge in [-0.2, -0.15) is 0 Å². The molecule has 0 atom stereocenters. The van der Waals surface area contributed by atoms with E-state index in [4.69, 9.17) is 0 Å². The lowest BCUT2D eigenvalue weighted by Crippen LogP contribution is -2.11. The van der Waals surface area contributed by atoms with E-state index in [0.29, 0.717) is 37.0 Å². The summed E-state index contributed by atoms with van der Waals surface area (Å²) in [7, 11) is 0. The molecule has 0 bridgehead atoms. The van der Waals surface area contributed by atoms with Crippen LogP contribution in [-0.4, -0.2) is 20.5 Å². The molecule has 0 aliphatic heterocycles. The zero-order valence-corrected chi connectivity index (χ0v) is 16.4. The molecule has 1 aromatic heterocycles. The maximum Gasteiger partial charge on any atom is 0.137 e. The summed E-state index contributed by atoms with van der Waals surface area (Å²) in [4.78, 5) is 12.5. The van der Waals surface area contributed by atoms with Crippen LogP contribution < -0.4 is 0 Å². The summed E-state index contributed by atoms with van der Waals surface area (Å²) in [5.41, 5.74) is 2.44. The number of hydrogen-bond donors (Lipinski definition) is 0. The van der Waals surface area contributed by atoms with E-state index in [-0.39, 0.29) is 0 Å². The van der Waals surface area contributed by atoms with Crippen LogP contribution in [0.3, 0.4) is 0 Å². The minimum absolute atomic E-state index is 0.292. The highest BCUT2D eigenvalue weighted by molar-refractivity contribution is 5.81. The zero-order chi connectivity index (χ0) is 18.5. The van der Waals surface area contributed by atoms with Crippen LogP contribution in [0.25, 0.3) is 0 Å². The number of nitrogens with zero attached hydrogens (tertiary/aromatic N) is 3. The number of ketones is 1. The van der Waals surface area contributed by atoms with Gasteiger partial charge in [0, 0.05) is 31.7 Å². The SMILES string of the molecule is CCc1ccccc1CC(=O)CCc1nnc(CCC(C)C)n1C1CC1. The average Bonchev–Trinajstić information content (AvgIpc) is 3.38. The summed E-state index contributed by atoms with van der Waals surface area (Å²) in [6.45, 7) is 6.62. The van der Waals surface area contributed by atoms with Gasteiger partial charge in [0.1, 0.15) is 17.4 Å². The van der Waals surface area contributed by atoms with E-state index in [1.54, 1.807) is 0 Å². The van der Waals surface area contributed by atoms with Gasteiger partial charge in [-0.1, -0.05) is 45.0 Å². The molecule has 0 unspecified atom stereocenters. The molecule has 0 saturated heterocycles. The highest BCUT2D eigenvalue weighted by Gasteiger charge is 2.29. The molecule has 0 amide bonds. The van der Waals surface area contributed by atoms with Gasteiger partial charge in [-0.3, -0.25) is 4.79 Å². The predicted molar refractivity (Wildman–Crippen MR) is 104 cm³/mol. The number of hydrogen-bond acceptors (Lipinski definition) is 3. The lowest BCUT2D eigenvalue weighted by molar-refractivity contribution is -0.118. The van der Waals surface area contributed by atoms with Crippen molar-refractivity contribution in [3.05, 3.63) is 47.0 Å². The predicted octanol–water partition coefficient (Wildman–Crippen LogP) is 4.51. The Hall–Kier alpha value is -1.97. The van der Waals surface area contributed by atoms with Gasteiger partial charge in [-0.25, -0.2) is 0 Å². The van der Waals surface area contributed by atoms with Crippen LogP contribution >= 0.6 is 0 Å². The van der Waals surface area contributed by atoms with Crippen molar-refractivity contribution in [1.29, 1.82) is 0 Å². The second kappa shape index (κ2) is 8.61. The maximum atomic E-state index is 12.5. The normalized spacial score (nSPS) is 14.2. The highest BCUT2D eigenvalue weighted by atomic mass is 16.1. The zero-order valence-electron chi connectivity index (χ0n) is 16.4. The summed E-state index contributed by atoms with van der Waals surface area (Å²) >= 11 is 0. The number of benzene rings is 1. The van der Waals surface area contributed by atoms with E-state index >= 15 is 0 Å². The number of rotatable bonds is 10. The molecule has 0 radical (unpaired) electrons. The van der Waals surface area contributed by atoms with Crippen LogP contribution in [-0.2, 0) is 30.5 Å². The topological polar surface area (TPSA) is 47.8 Å². The van der Waals surface area contributed by atoms with Crippen molar-refractivity contribution in [2.45, 2.75) is 78.2 Å². The van der Waals surface area contributed by atoms with Gasteiger partial charge in [-0.15, -0.1) is 10.2 Å². The average molecular weight is 354 g/mol. The summed E-state index contributed by atoms with van der Waals surface area (Å²) in [5.74, 6) is 3.08. The summed E-state index contributed by atoms with van der Waals surface area (Å²) in [6, 6.07) is 8.83. The molecule has 4 heteroatoms. The minimum atomic E-state index is 0.292. The summed E-state index contributed by atoms with van der Waals surface area (Å²) in [6.07, 6.45) is 7.32. The fourth-order valence-electron chi connectivity index (χ4n) is 3.50. The fourth-order valence-corrected chi connectivity index (χ4v) is 3.50.